The lowest BCUT2D eigenvalue weighted by Crippen LogP contribution is -1.94. The van der Waals surface area contributed by atoms with Gasteiger partial charge in [0.25, 0.3) is 0 Å². The lowest BCUT2D eigenvalue weighted by atomic mass is 10.0. The number of ether oxygens (including phenoxy) is 2. The summed E-state index contributed by atoms with van der Waals surface area (Å²) in [5, 5.41) is 0. The Morgan fingerprint density at radius 3 is 2.48 bits per heavy atom. The molecule has 3 rings (SSSR count). The molecule has 0 saturated heterocycles. The monoisotopic (exact) mass is 307 g/mol. The van der Waals surface area contributed by atoms with E-state index in [4.69, 9.17) is 9.47 Å². The molecular formula is C18H17N3O2. The molecule has 0 amide bonds. The Bertz CT molecular complexity index is 834. The number of aryl methyl sites for hydroxylation is 1. The van der Waals surface area contributed by atoms with Gasteiger partial charge in [0.1, 0.15) is 5.75 Å². The Kier molecular flexibility index (Phi) is 4.19. The fourth-order valence-electron chi connectivity index (χ4n) is 2.47. The number of methoxy groups -OCH3 is 2. The van der Waals surface area contributed by atoms with E-state index >= 15 is 0 Å². The van der Waals surface area contributed by atoms with Crippen molar-refractivity contribution in [1.29, 1.82) is 0 Å². The third kappa shape index (κ3) is 2.99. The van der Waals surface area contributed by atoms with E-state index in [0.29, 0.717) is 5.88 Å². The minimum absolute atomic E-state index is 0.573. The number of nitrogens with zero attached hydrogens (tertiary/aromatic N) is 3. The lowest BCUT2D eigenvalue weighted by molar-refractivity contribution is 0.398. The van der Waals surface area contributed by atoms with Gasteiger partial charge in [-0.3, -0.25) is 9.97 Å². The average molecular weight is 307 g/mol. The van der Waals surface area contributed by atoms with Crippen molar-refractivity contribution in [3.63, 3.8) is 0 Å². The topological polar surface area (TPSA) is 57.1 Å². The molecule has 0 atom stereocenters. The highest BCUT2D eigenvalue weighted by Crippen LogP contribution is 2.31. The van der Waals surface area contributed by atoms with Crippen molar-refractivity contribution in [3.05, 3.63) is 54.6 Å². The molecule has 0 radical (unpaired) electrons. The Hall–Kier alpha value is -2.95. The molecule has 0 aliphatic heterocycles. The summed E-state index contributed by atoms with van der Waals surface area (Å²) >= 11 is 0. The van der Waals surface area contributed by atoms with E-state index in [1.165, 1.54) is 0 Å². The van der Waals surface area contributed by atoms with E-state index in [1.54, 1.807) is 32.8 Å². The number of hydrogen-bond acceptors (Lipinski definition) is 5. The summed E-state index contributed by atoms with van der Waals surface area (Å²) in [5.41, 5.74) is 4.91. The van der Waals surface area contributed by atoms with Gasteiger partial charge in [0, 0.05) is 41.3 Å². The molecule has 0 fully saturated rings. The predicted molar refractivity (Wildman–Crippen MR) is 88.5 cm³/mol. The first kappa shape index (κ1) is 15.0. The molecule has 116 valence electrons. The molecule has 0 bridgehead atoms. The molecule has 5 nitrogen and oxygen atoms in total. The molecule has 0 N–H and O–H groups in total. The maximum Gasteiger partial charge on any atom is 0.213 e. The Morgan fingerprint density at radius 1 is 0.870 bits per heavy atom. The van der Waals surface area contributed by atoms with Gasteiger partial charge in [-0.1, -0.05) is 0 Å². The molecule has 5 heteroatoms. The molecule has 0 aromatic carbocycles. The fourth-order valence-corrected chi connectivity index (χ4v) is 2.47. The Balaban J connectivity index is 2.04. The number of pyridine rings is 3. The van der Waals surface area contributed by atoms with Crippen molar-refractivity contribution in [2.24, 2.45) is 0 Å². The van der Waals surface area contributed by atoms with E-state index in [9.17, 15) is 0 Å². The maximum atomic E-state index is 5.37. The van der Waals surface area contributed by atoms with Crippen molar-refractivity contribution < 1.29 is 9.47 Å². The summed E-state index contributed by atoms with van der Waals surface area (Å²) in [6, 6.07) is 7.81. The van der Waals surface area contributed by atoms with Gasteiger partial charge in [-0.2, -0.15) is 0 Å². The smallest absolute Gasteiger partial charge is 0.213 e. The normalized spacial score (nSPS) is 10.4. The third-order valence-corrected chi connectivity index (χ3v) is 3.61. The second-order valence-electron chi connectivity index (χ2n) is 5.05. The molecule has 23 heavy (non-hydrogen) atoms. The molecular weight excluding hydrogens is 290 g/mol. The van der Waals surface area contributed by atoms with Crippen LogP contribution in [0.3, 0.4) is 0 Å². The van der Waals surface area contributed by atoms with Crippen LogP contribution in [0.4, 0.5) is 0 Å². The van der Waals surface area contributed by atoms with Crippen LogP contribution in [-0.4, -0.2) is 29.2 Å². The molecule has 3 aromatic rings. The zero-order valence-electron chi connectivity index (χ0n) is 13.3. The highest BCUT2D eigenvalue weighted by atomic mass is 16.5. The molecule has 0 saturated carbocycles. The van der Waals surface area contributed by atoms with Gasteiger partial charge in [0.05, 0.1) is 26.1 Å². The fraction of sp³-hybridized carbons (Fsp3) is 0.167. The minimum atomic E-state index is 0.573. The standard InChI is InChI=1S/C18H17N3O2/c1-12-8-14(15-5-6-19-11-16(15)22-2)10-21-18(12)13-4-7-20-17(9-13)23-3/h4-11H,1-3H3. The lowest BCUT2D eigenvalue weighted by Gasteiger charge is -2.11. The molecule has 0 spiro atoms. The molecule has 0 aliphatic carbocycles. The van der Waals surface area contributed by atoms with Gasteiger partial charge in [0.15, 0.2) is 0 Å². The van der Waals surface area contributed by atoms with Crippen LogP contribution < -0.4 is 9.47 Å². The van der Waals surface area contributed by atoms with Gasteiger partial charge in [-0.05, 0) is 30.7 Å². The summed E-state index contributed by atoms with van der Waals surface area (Å²) in [5.74, 6) is 1.30. The summed E-state index contributed by atoms with van der Waals surface area (Å²) in [4.78, 5) is 12.8. The highest BCUT2D eigenvalue weighted by molar-refractivity contribution is 5.73. The largest absolute Gasteiger partial charge is 0.494 e. The van der Waals surface area contributed by atoms with Crippen LogP contribution in [0.25, 0.3) is 22.4 Å². The van der Waals surface area contributed by atoms with Crippen molar-refractivity contribution in [2.75, 3.05) is 14.2 Å². The maximum absolute atomic E-state index is 5.37. The minimum Gasteiger partial charge on any atom is -0.494 e. The number of hydrogen-bond donors (Lipinski definition) is 0. The van der Waals surface area contributed by atoms with E-state index in [1.807, 2.05) is 31.3 Å². The van der Waals surface area contributed by atoms with Gasteiger partial charge in [0.2, 0.25) is 5.88 Å². The van der Waals surface area contributed by atoms with Crippen LogP contribution in [-0.2, 0) is 0 Å². The Morgan fingerprint density at radius 2 is 1.74 bits per heavy atom. The predicted octanol–water partition coefficient (Wildman–Crippen LogP) is 3.53. The van der Waals surface area contributed by atoms with Crippen molar-refractivity contribution >= 4 is 0 Å². The number of aromatic nitrogens is 3. The van der Waals surface area contributed by atoms with Crippen LogP contribution in [0, 0.1) is 6.92 Å². The molecule has 3 aromatic heterocycles. The van der Waals surface area contributed by atoms with E-state index in [-0.39, 0.29) is 0 Å². The number of rotatable bonds is 4. The van der Waals surface area contributed by atoms with Crippen LogP contribution in [0.2, 0.25) is 0 Å². The first-order chi connectivity index (χ1) is 11.2. The SMILES string of the molecule is COc1cc(-c2ncc(-c3ccncc3OC)cc2C)ccn1. The van der Waals surface area contributed by atoms with Gasteiger partial charge in [-0.15, -0.1) is 0 Å². The highest BCUT2D eigenvalue weighted by Gasteiger charge is 2.10. The first-order valence-electron chi connectivity index (χ1n) is 7.18. The van der Waals surface area contributed by atoms with Gasteiger partial charge >= 0.3 is 0 Å². The zero-order valence-corrected chi connectivity index (χ0v) is 13.3. The van der Waals surface area contributed by atoms with Crippen LogP contribution >= 0.6 is 0 Å². The summed E-state index contributed by atoms with van der Waals surface area (Å²) < 4.78 is 10.5. The average Bonchev–Trinajstić information content (AvgIpc) is 2.61. The summed E-state index contributed by atoms with van der Waals surface area (Å²) in [6.45, 7) is 2.03. The summed E-state index contributed by atoms with van der Waals surface area (Å²) in [7, 11) is 3.24. The van der Waals surface area contributed by atoms with Crippen molar-refractivity contribution in [2.45, 2.75) is 6.92 Å². The van der Waals surface area contributed by atoms with E-state index < -0.39 is 0 Å². The third-order valence-electron chi connectivity index (χ3n) is 3.61. The molecule has 3 heterocycles. The Labute approximate surface area is 135 Å². The zero-order chi connectivity index (χ0) is 16.2. The van der Waals surface area contributed by atoms with Crippen LogP contribution in [0.1, 0.15) is 5.56 Å². The van der Waals surface area contributed by atoms with Crippen LogP contribution in [0.15, 0.2) is 49.1 Å². The van der Waals surface area contributed by atoms with Gasteiger partial charge in [-0.25, -0.2) is 4.98 Å². The second kappa shape index (κ2) is 6.44. The van der Waals surface area contributed by atoms with E-state index in [2.05, 4.69) is 21.0 Å². The second-order valence-corrected chi connectivity index (χ2v) is 5.05. The quantitative estimate of drug-likeness (QED) is 0.738. The summed E-state index contributed by atoms with van der Waals surface area (Å²) in [6.07, 6.45) is 7.00. The van der Waals surface area contributed by atoms with Crippen molar-refractivity contribution in [1.82, 2.24) is 15.0 Å². The molecule has 0 unspecified atom stereocenters. The first-order valence-corrected chi connectivity index (χ1v) is 7.18. The van der Waals surface area contributed by atoms with E-state index in [0.717, 1.165) is 33.7 Å². The molecule has 0 aliphatic rings. The van der Waals surface area contributed by atoms with Crippen molar-refractivity contribution in [3.8, 4) is 34.0 Å². The van der Waals surface area contributed by atoms with Gasteiger partial charge < -0.3 is 9.47 Å². The van der Waals surface area contributed by atoms with Crippen LogP contribution in [0.5, 0.6) is 11.6 Å².